The second-order valence-corrected chi connectivity index (χ2v) is 5.98. The zero-order valence-electron chi connectivity index (χ0n) is 12.6. The molecule has 122 valence electrons. The molecule has 0 bridgehead atoms. The molecule has 4 N–H and O–H groups in total. The summed E-state index contributed by atoms with van der Waals surface area (Å²) in [6.45, 7) is 2.88. The number of anilines is 1. The number of likely N-dealkylation sites (tertiary alicyclic amines) is 1. The minimum Gasteiger partial charge on any atom is -0.395 e. The van der Waals surface area contributed by atoms with Gasteiger partial charge in [0.2, 0.25) is 0 Å². The average molecular weight is 327 g/mol. The van der Waals surface area contributed by atoms with Crippen molar-refractivity contribution in [3.8, 4) is 0 Å². The number of nitrogens with two attached hydrogens (primary N) is 1. The molecule has 0 aliphatic carbocycles. The van der Waals surface area contributed by atoms with Gasteiger partial charge in [0, 0.05) is 18.8 Å². The fraction of sp³-hybridized carbons (Fsp3) is 0.600. The van der Waals surface area contributed by atoms with E-state index in [4.69, 9.17) is 17.3 Å². The highest BCUT2D eigenvalue weighted by molar-refractivity contribution is 6.33. The zero-order chi connectivity index (χ0) is 15.9. The average Bonchev–Trinajstić information content (AvgIpc) is 2.97. The van der Waals surface area contributed by atoms with E-state index in [1.165, 1.54) is 12.3 Å². The molecule has 1 saturated heterocycles. The van der Waals surface area contributed by atoms with Gasteiger partial charge in [0.05, 0.1) is 17.2 Å². The number of hydrogen-bond donors (Lipinski definition) is 3. The lowest BCUT2D eigenvalue weighted by Gasteiger charge is -2.22. The Morgan fingerprint density at radius 2 is 2.36 bits per heavy atom. The maximum Gasteiger partial charge on any atom is 0.252 e. The number of hydrogen-bond acceptors (Lipinski definition) is 5. The molecule has 1 amide bonds. The van der Waals surface area contributed by atoms with Gasteiger partial charge in [-0.05, 0) is 44.8 Å². The Morgan fingerprint density at radius 3 is 3.09 bits per heavy atom. The van der Waals surface area contributed by atoms with Gasteiger partial charge in [-0.15, -0.1) is 0 Å². The maximum atomic E-state index is 11.9. The summed E-state index contributed by atoms with van der Waals surface area (Å²) in [6, 6.07) is 1.84. The molecule has 1 fully saturated rings. The lowest BCUT2D eigenvalue weighted by atomic mass is 10.2. The van der Waals surface area contributed by atoms with Crippen molar-refractivity contribution in [1.82, 2.24) is 15.2 Å². The van der Waals surface area contributed by atoms with Crippen molar-refractivity contribution in [2.75, 3.05) is 32.0 Å². The van der Waals surface area contributed by atoms with Gasteiger partial charge in [0.1, 0.15) is 5.82 Å². The summed E-state index contributed by atoms with van der Waals surface area (Å²) in [4.78, 5) is 18.1. The number of rotatable bonds is 7. The lowest BCUT2D eigenvalue weighted by Crippen LogP contribution is -2.33. The molecule has 6 nitrogen and oxygen atoms in total. The third-order valence-electron chi connectivity index (χ3n) is 4.00. The van der Waals surface area contributed by atoms with Gasteiger partial charge in [0.15, 0.2) is 0 Å². The number of nitrogens with one attached hydrogen (secondary N) is 1. The summed E-state index contributed by atoms with van der Waals surface area (Å²) in [6.07, 6.45) is 5.56. The summed E-state index contributed by atoms with van der Waals surface area (Å²) >= 11 is 5.85. The highest BCUT2D eigenvalue weighted by Crippen LogP contribution is 2.17. The van der Waals surface area contributed by atoms with Crippen LogP contribution in [-0.2, 0) is 0 Å². The number of nitrogen functional groups attached to an aromatic ring is 1. The smallest absolute Gasteiger partial charge is 0.252 e. The van der Waals surface area contributed by atoms with Gasteiger partial charge < -0.3 is 16.2 Å². The van der Waals surface area contributed by atoms with E-state index in [-0.39, 0.29) is 23.4 Å². The molecule has 1 aromatic heterocycles. The van der Waals surface area contributed by atoms with Crippen molar-refractivity contribution in [3.05, 3.63) is 22.8 Å². The van der Waals surface area contributed by atoms with Crippen LogP contribution in [0.5, 0.6) is 0 Å². The number of unbranched alkanes of at least 4 members (excludes halogenated alkanes) is 1. The highest BCUT2D eigenvalue weighted by atomic mass is 35.5. The first-order valence-corrected chi connectivity index (χ1v) is 8.03. The molecule has 7 heteroatoms. The van der Waals surface area contributed by atoms with Crippen LogP contribution in [0.2, 0.25) is 5.02 Å². The summed E-state index contributed by atoms with van der Waals surface area (Å²) in [5, 5.41) is 12.4. The molecule has 2 rings (SSSR count). The maximum absolute atomic E-state index is 11.9. The number of carbonyl (C=O) groups excluding carboxylic acids is 1. The van der Waals surface area contributed by atoms with E-state index in [1.807, 2.05) is 0 Å². The zero-order valence-corrected chi connectivity index (χ0v) is 13.4. The molecule has 1 unspecified atom stereocenters. The molecule has 1 atom stereocenters. The number of pyridine rings is 1. The molecule has 1 aliphatic rings. The summed E-state index contributed by atoms with van der Waals surface area (Å²) in [7, 11) is 0. The van der Waals surface area contributed by atoms with Crippen molar-refractivity contribution >= 4 is 23.3 Å². The van der Waals surface area contributed by atoms with Gasteiger partial charge in [-0.2, -0.15) is 0 Å². The normalized spacial score (nSPS) is 18.5. The molecule has 0 saturated carbocycles. The summed E-state index contributed by atoms with van der Waals surface area (Å²) in [5.74, 6) is 0.0334. The van der Waals surface area contributed by atoms with Crippen LogP contribution < -0.4 is 11.1 Å². The number of carbonyl (C=O) groups is 1. The minimum atomic E-state index is -0.191. The summed E-state index contributed by atoms with van der Waals surface area (Å²) in [5.41, 5.74) is 5.93. The predicted molar refractivity (Wildman–Crippen MR) is 86.9 cm³/mol. The standard InChI is InChI=1S/C15H23ClN4O2/c16-13-8-11(9-19-14(13)17)15(22)18-5-1-2-6-20-7-3-4-12(20)10-21/h8-9,12,21H,1-7,10H2,(H2,17,19)(H,18,22). The van der Waals surface area contributed by atoms with Crippen LogP contribution in [0.15, 0.2) is 12.3 Å². The number of aliphatic hydroxyl groups excluding tert-OH is 1. The summed E-state index contributed by atoms with van der Waals surface area (Å²) < 4.78 is 0. The van der Waals surface area contributed by atoms with Crippen LogP contribution >= 0.6 is 11.6 Å². The lowest BCUT2D eigenvalue weighted by molar-refractivity contribution is 0.0952. The van der Waals surface area contributed by atoms with Crippen molar-refractivity contribution in [2.45, 2.75) is 31.7 Å². The van der Waals surface area contributed by atoms with Crippen molar-refractivity contribution in [1.29, 1.82) is 0 Å². The number of aromatic nitrogens is 1. The fourth-order valence-electron chi connectivity index (χ4n) is 2.71. The molecule has 0 spiro atoms. The quantitative estimate of drug-likeness (QED) is 0.657. The Bertz CT molecular complexity index is 512. The molecule has 22 heavy (non-hydrogen) atoms. The van der Waals surface area contributed by atoms with Crippen LogP contribution in [0.3, 0.4) is 0 Å². The molecule has 1 aromatic rings. The molecular formula is C15H23ClN4O2. The second-order valence-electron chi connectivity index (χ2n) is 5.57. The Balaban J connectivity index is 1.66. The number of halogens is 1. The first-order chi connectivity index (χ1) is 10.6. The van der Waals surface area contributed by atoms with E-state index >= 15 is 0 Å². The van der Waals surface area contributed by atoms with Crippen LogP contribution in [0.4, 0.5) is 5.82 Å². The Kier molecular flexibility index (Phi) is 6.42. The van der Waals surface area contributed by atoms with Crippen LogP contribution in [0.1, 0.15) is 36.0 Å². The first-order valence-electron chi connectivity index (χ1n) is 7.66. The topological polar surface area (TPSA) is 91.5 Å². The van der Waals surface area contributed by atoms with Crippen molar-refractivity contribution < 1.29 is 9.90 Å². The van der Waals surface area contributed by atoms with Crippen LogP contribution in [0.25, 0.3) is 0 Å². The molecular weight excluding hydrogens is 304 g/mol. The van der Waals surface area contributed by atoms with E-state index in [1.54, 1.807) is 0 Å². The minimum absolute atomic E-state index is 0.191. The third-order valence-corrected chi connectivity index (χ3v) is 4.30. The van der Waals surface area contributed by atoms with E-state index in [9.17, 15) is 9.90 Å². The predicted octanol–water partition coefficient (Wildman–Crippen LogP) is 1.28. The monoisotopic (exact) mass is 326 g/mol. The Labute approximate surface area is 135 Å². The van der Waals surface area contributed by atoms with Gasteiger partial charge in [-0.3, -0.25) is 9.69 Å². The second kappa shape index (κ2) is 8.31. The largest absolute Gasteiger partial charge is 0.395 e. The van der Waals surface area contributed by atoms with E-state index in [0.717, 1.165) is 38.8 Å². The van der Waals surface area contributed by atoms with Gasteiger partial charge >= 0.3 is 0 Å². The van der Waals surface area contributed by atoms with Gasteiger partial charge in [-0.1, -0.05) is 11.6 Å². The third kappa shape index (κ3) is 4.56. The van der Waals surface area contributed by atoms with E-state index in [0.29, 0.717) is 18.2 Å². The Hall–Kier alpha value is -1.37. The van der Waals surface area contributed by atoms with E-state index in [2.05, 4.69) is 15.2 Å². The first kappa shape index (κ1) is 17.0. The van der Waals surface area contributed by atoms with Crippen molar-refractivity contribution in [2.24, 2.45) is 0 Å². The van der Waals surface area contributed by atoms with E-state index < -0.39 is 0 Å². The molecule has 0 radical (unpaired) electrons. The fourth-order valence-corrected chi connectivity index (χ4v) is 2.88. The molecule has 0 aromatic carbocycles. The van der Waals surface area contributed by atoms with Crippen molar-refractivity contribution in [3.63, 3.8) is 0 Å². The number of nitrogens with zero attached hydrogens (tertiary/aromatic N) is 2. The highest BCUT2D eigenvalue weighted by Gasteiger charge is 2.22. The number of aliphatic hydroxyl groups is 1. The van der Waals surface area contributed by atoms with Gasteiger partial charge in [-0.25, -0.2) is 4.98 Å². The molecule has 1 aliphatic heterocycles. The SMILES string of the molecule is Nc1ncc(C(=O)NCCCCN2CCCC2CO)cc1Cl. The molecule has 2 heterocycles. The van der Waals surface area contributed by atoms with Crippen LogP contribution in [-0.4, -0.2) is 53.2 Å². The number of amides is 1. The Morgan fingerprint density at radius 1 is 1.55 bits per heavy atom. The van der Waals surface area contributed by atoms with Crippen LogP contribution in [0, 0.1) is 0 Å². The van der Waals surface area contributed by atoms with Gasteiger partial charge in [0.25, 0.3) is 5.91 Å².